The molecule has 0 fully saturated rings. The minimum atomic E-state index is -0.437. The molecule has 0 atom stereocenters. The highest BCUT2D eigenvalue weighted by molar-refractivity contribution is 7.99. The average Bonchev–Trinajstić information content (AvgIpc) is 2.25. The second-order valence-corrected chi connectivity index (χ2v) is 4.31. The molecule has 0 aromatic heterocycles. The summed E-state index contributed by atoms with van der Waals surface area (Å²) in [4.78, 5) is 0.755. The molecule has 0 unspecified atom stereocenters. The van der Waals surface area contributed by atoms with Crippen molar-refractivity contribution in [3.63, 3.8) is 0 Å². The first-order chi connectivity index (χ1) is 7.66. The lowest BCUT2D eigenvalue weighted by molar-refractivity contribution is 0.596. The van der Waals surface area contributed by atoms with Gasteiger partial charge in [0, 0.05) is 15.5 Å². The molecule has 0 saturated heterocycles. The Hall–Kier alpha value is -1.55. The first-order valence-corrected chi connectivity index (χ1v) is 5.46. The Balaban J connectivity index is 2.31. The Morgan fingerprint density at radius 1 is 0.875 bits per heavy atom. The van der Waals surface area contributed by atoms with E-state index < -0.39 is 5.82 Å². The van der Waals surface area contributed by atoms with Crippen molar-refractivity contribution in [2.75, 3.05) is 5.73 Å². The number of benzene rings is 2. The SMILES string of the molecule is Nc1ccc(Sc2ccccc2F)c(F)c1. The number of anilines is 1. The van der Waals surface area contributed by atoms with Crippen LogP contribution in [0.25, 0.3) is 0 Å². The van der Waals surface area contributed by atoms with E-state index in [0.29, 0.717) is 15.5 Å². The maximum absolute atomic E-state index is 13.4. The van der Waals surface area contributed by atoms with Crippen molar-refractivity contribution in [3.8, 4) is 0 Å². The molecule has 2 aromatic rings. The topological polar surface area (TPSA) is 26.0 Å². The van der Waals surface area contributed by atoms with Gasteiger partial charge in [0.15, 0.2) is 0 Å². The number of halogens is 2. The van der Waals surface area contributed by atoms with Crippen LogP contribution in [0.15, 0.2) is 52.3 Å². The molecule has 0 aliphatic heterocycles. The van der Waals surface area contributed by atoms with E-state index in [1.54, 1.807) is 30.3 Å². The van der Waals surface area contributed by atoms with Crippen LogP contribution in [0, 0.1) is 11.6 Å². The van der Waals surface area contributed by atoms with Crippen LogP contribution >= 0.6 is 11.8 Å². The Kier molecular flexibility index (Phi) is 3.10. The van der Waals surface area contributed by atoms with Gasteiger partial charge in [-0.25, -0.2) is 8.78 Å². The summed E-state index contributed by atoms with van der Waals surface area (Å²) in [5, 5.41) is 0. The molecule has 2 N–H and O–H groups in total. The summed E-state index contributed by atoms with van der Waals surface area (Å²) in [7, 11) is 0. The molecule has 1 nitrogen and oxygen atoms in total. The molecule has 2 aromatic carbocycles. The fraction of sp³-hybridized carbons (Fsp3) is 0. The van der Waals surface area contributed by atoms with Gasteiger partial charge in [-0.05, 0) is 30.3 Å². The summed E-state index contributed by atoms with van der Waals surface area (Å²) in [6.07, 6.45) is 0. The van der Waals surface area contributed by atoms with Crippen molar-refractivity contribution in [1.82, 2.24) is 0 Å². The van der Waals surface area contributed by atoms with Crippen molar-refractivity contribution in [3.05, 3.63) is 54.1 Å². The van der Waals surface area contributed by atoms with Crippen LogP contribution in [0.3, 0.4) is 0 Å². The largest absolute Gasteiger partial charge is 0.399 e. The maximum atomic E-state index is 13.4. The third kappa shape index (κ3) is 2.33. The van der Waals surface area contributed by atoms with Gasteiger partial charge in [-0.2, -0.15) is 0 Å². The van der Waals surface area contributed by atoms with E-state index in [1.165, 1.54) is 12.1 Å². The summed E-state index contributed by atoms with van der Waals surface area (Å²) in [5.41, 5.74) is 5.78. The molecule has 2 rings (SSSR count). The highest BCUT2D eigenvalue weighted by Crippen LogP contribution is 2.32. The maximum Gasteiger partial charge on any atom is 0.139 e. The Bertz CT molecular complexity index is 514. The molecule has 0 radical (unpaired) electrons. The van der Waals surface area contributed by atoms with Gasteiger partial charge in [0.2, 0.25) is 0 Å². The Morgan fingerprint density at radius 3 is 2.25 bits per heavy atom. The Morgan fingerprint density at radius 2 is 1.56 bits per heavy atom. The van der Waals surface area contributed by atoms with Crippen LogP contribution in [-0.2, 0) is 0 Å². The van der Waals surface area contributed by atoms with E-state index in [9.17, 15) is 8.78 Å². The van der Waals surface area contributed by atoms with Gasteiger partial charge < -0.3 is 5.73 Å². The molecule has 0 spiro atoms. The third-order valence-corrected chi connectivity index (χ3v) is 3.11. The zero-order chi connectivity index (χ0) is 11.5. The highest BCUT2D eigenvalue weighted by Gasteiger charge is 2.07. The highest BCUT2D eigenvalue weighted by atomic mass is 32.2. The minimum Gasteiger partial charge on any atom is -0.399 e. The van der Waals surface area contributed by atoms with E-state index in [0.717, 1.165) is 11.8 Å². The molecular weight excluding hydrogens is 228 g/mol. The predicted molar refractivity (Wildman–Crippen MR) is 61.3 cm³/mol. The number of hydrogen-bond donors (Lipinski definition) is 1. The molecule has 16 heavy (non-hydrogen) atoms. The van der Waals surface area contributed by atoms with Crippen LogP contribution < -0.4 is 5.73 Å². The van der Waals surface area contributed by atoms with Crippen LogP contribution in [0.4, 0.5) is 14.5 Å². The van der Waals surface area contributed by atoms with Gasteiger partial charge in [-0.1, -0.05) is 23.9 Å². The zero-order valence-electron chi connectivity index (χ0n) is 8.28. The van der Waals surface area contributed by atoms with E-state index in [4.69, 9.17) is 5.73 Å². The zero-order valence-corrected chi connectivity index (χ0v) is 9.10. The fourth-order valence-electron chi connectivity index (χ4n) is 1.25. The molecule has 0 aliphatic carbocycles. The first-order valence-electron chi connectivity index (χ1n) is 4.64. The summed E-state index contributed by atoms with van der Waals surface area (Å²) >= 11 is 1.04. The standard InChI is InChI=1S/C12H9F2NS/c13-9-3-1-2-4-11(9)16-12-6-5-8(15)7-10(12)14/h1-7H,15H2. The van der Waals surface area contributed by atoms with Gasteiger partial charge in [0.1, 0.15) is 11.6 Å². The van der Waals surface area contributed by atoms with Crippen LogP contribution in [0.5, 0.6) is 0 Å². The fourth-order valence-corrected chi connectivity index (χ4v) is 2.09. The molecule has 0 amide bonds. The molecule has 4 heteroatoms. The summed E-state index contributed by atoms with van der Waals surface area (Å²) in [5.74, 6) is -0.794. The summed E-state index contributed by atoms with van der Waals surface area (Å²) in [6.45, 7) is 0. The van der Waals surface area contributed by atoms with E-state index in [2.05, 4.69) is 0 Å². The van der Waals surface area contributed by atoms with Gasteiger partial charge in [0.05, 0.1) is 0 Å². The summed E-state index contributed by atoms with van der Waals surface area (Å²) in [6, 6.07) is 10.6. The average molecular weight is 237 g/mol. The smallest absolute Gasteiger partial charge is 0.139 e. The van der Waals surface area contributed by atoms with E-state index in [1.807, 2.05) is 0 Å². The van der Waals surface area contributed by atoms with Gasteiger partial charge in [-0.15, -0.1) is 0 Å². The van der Waals surface area contributed by atoms with E-state index in [-0.39, 0.29) is 5.82 Å². The van der Waals surface area contributed by atoms with Gasteiger partial charge >= 0.3 is 0 Å². The normalized spacial score (nSPS) is 10.4. The number of nitrogen functional groups attached to an aromatic ring is 1. The minimum absolute atomic E-state index is 0.357. The van der Waals surface area contributed by atoms with Crippen LogP contribution in [0.2, 0.25) is 0 Å². The van der Waals surface area contributed by atoms with Crippen molar-refractivity contribution in [2.45, 2.75) is 9.79 Å². The first kappa shape index (κ1) is 11.0. The molecule has 82 valence electrons. The summed E-state index contributed by atoms with van der Waals surface area (Å²) < 4.78 is 26.8. The van der Waals surface area contributed by atoms with Crippen molar-refractivity contribution in [2.24, 2.45) is 0 Å². The lowest BCUT2D eigenvalue weighted by atomic mass is 10.3. The molecular formula is C12H9F2NS. The van der Waals surface area contributed by atoms with Gasteiger partial charge in [-0.3, -0.25) is 0 Å². The number of rotatable bonds is 2. The van der Waals surface area contributed by atoms with Crippen LogP contribution in [-0.4, -0.2) is 0 Å². The second-order valence-electron chi connectivity index (χ2n) is 3.22. The quantitative estimate of drug-likeness (QED) is 0.806. The lowest BCUT2D eigenvalue weighted by Crippen LogP contribution is -1.88. The van der Waals surface area contributed by atoms with Crippen molar-refractivity contribution in [1.29, 1.82) is 0 Å². The van der Waals surface area contributed by atoms with Crippen LogP contribution in [0.1, 0.15) is 0 Å². The molecule has 0 saturated carbocycles. The van der Waals surface area contributed by atoms with Crippen molar-refractivity contribution < 1.29 is 8.78 Å². The predicted octanol–water partition coefficient (Wildman–Crippen LogP) is 3.70. The Labute approximate surface area is 96.3 Å². The van der Waals surface area contributed by atoms with E-state index >= 15 is 0 Å². The number of hydrogen-bond acceptors (Lipinski definition) is 2. The molecule has 0 bridgehead atoms. The lowest BCUT2D eigenvalue weighted by Gasteiger charge is -2.04. The monoisotopic (exact) mass is 237 g/mol. The molecule has 0 heterocycles. The van der Waals surface area contributed by atoms with Crippen molar-refractivity contribution >= 4 is 17.4 Å². The number of nitrogens with two attached hydrogens (primary N) is 1. The second kappa shape index (κ2) is 4.53. The van der Waals surface area contributed by atoms with Gasteiger partial charge in [0.25, 0.3) is 0 Å². The third-order valence-electron chi connectivity index (χ3n) is 2.01. The molecule has 0 aliphatic rings.